The molecule has 0 unspecified atom stereocenters. The van der Waals surface area contributed by atoms with Crippen LogP contribution in [0.15, 0.2) is 245 Å². The molecule has 3 aliphatic rings. The highest BCUT2D eigenvalue weighted by Gasteiger charge is 2.24. The maximum absolute atomic E-state index is 11.9. The van der Waals surface area contributed by atoms with Gasteiger partial charge in [0.15, 0.2) is 0 Å². The molecule has 28 heteroatoms. The summed E-state index contributed by atoms with van der Waals surface area (Å²) in [4.78, 5) is 87.0. The molecule has 0 radical (unpaired) electrons. The maximum atomic E-state index is 11.9. The van der Waals surface area contributed by atoms with Crippen molar-refractivity contribution in [3.8, 4) is 84.1 Å². The Bertz CT molecular complexity index is 6420. The highest BCUT2D eigenvalue weighted by atomic mass is 16.1. The van der Waals surface area contributed by atoms with Gasteiger partial charge in [-0.1, -0.05) is 119 Å². The van der Waals surface area contributed by atoms with Gasteiger partial charge in [0.2, 0.25) is 5.95 Å². The summed E-state index contributed by atoms with van der Waals surface area (Å²) in [5.41, 5.74) is 21.8. The molecule has 15 heterocycles. The van der Waals surface area contributed by atoms with Crippen LogP contribution in [-0.4, -0.2) is 113 Å². The van der Waals surface area contributed by atoms with Crippen LogP contribution in [0.4, 0.5) is 11.8 Å². The molecule has 134 heavy (non-hydrogen) atoms. The van der Waals surface area contributed by atoms with Crippen LogP contribution in [-0.2, 0) is 52.0 Å². The smallest absolute Gasteiger partial charge is 0.250 e. The number of aryl methyl sites for hydroxylation is 8. The van der Waals surface area contributed by atoms with Crippen LogP contribution in [0, 0.1) is 38.0 Å². The zero-order chi connectivity index (χ0) is 94.6. The van der Waals surface area contributed by atoms with Crippen molar-refractivity contribution in [2.45, 2.75) is 257 Å². The van der Waals surface area contributed by atoms with Gasteiger partial charge < -0.3 is 33.5 Å². The highest BCUT2D eigenvalue weighted by molar-refractivity contribution is 5.69. The Morgan fingerprint density at radius 3 is 1.05 bits per heavy atom. The molecule has 0 amide bonds. The molecule has 0 aliphatic heterocycles. The molecule has 15 aromatic rings. The Kier molecular flexibility index (Phi) is 32.0. The van der Waals surface area contributed by atoms with Gasteiger partial charge in [-0.2, -0.15) is 25.5 Å². The predicted octanol–water partition coefficient (Wildman–Crippen LogP) is 19.7. The molecule has 0 aromatic carbocycles. The molecular formula is C106H129N23O5. The van der Waals surface area contributed by atoms with Crippen LogP contribution in [0.2, 0.25) is 0 Å². The average molecular weight is 1810 g/mol. The van der Waals surface area contributed by atoms with E-state index in [1.54, 1.807) is 93.3 Å². The summed E-state index contributed by atoms with van der Waals surface area (Å²) in [6.07, 6.45) is 58.6. The van der Waals surface area contributed by atoms with E-state index in [4.69, 9.17) is 4.98 Å². The number of anilines is 2. The summed E-state index contributed by atoms with van der Waals surface area (Å²) in [7, 11) is 0. The van der Waals surface area contributed by atoms with Gasteiger partial charge in [0, 0.05) is 246 Å². The minimum atomic E-state index is -0.0893. The van der Waals surface area contributed by atoms with E-state index in [0.29, 0.717) is 44.7 Å². The summed E-state index contributed by atoms with van der Waals surface area (Å²) in [6, 6.07) is 30.4. The molecule has 0 spiro atoms. The van der Waals surface area contributed by atoms with E-state index in [9.17, 15) is 24.0 Å². The van der Waals surface area contributed by atoms with Crippen LogP contribution in [0.25, 0.3) is 84.1 Å². The van der Waals surface area contributed by atoms with E-state index in [-0.39, 0.29) is 38.8 Å². The van der Waals surface area contributed by atoms with Crippen molar-refractivity contribution in [1.82, 2.24) is 102 Å². The number of nitrogens with one attached hydrogen (secondary N) is 2. The quantitative estimate of drug-likeness (QED) is 0.0460. The fraction of sp³-hybridized carbons (Fsp3) is 0.396. The number of nitrogens with zero attached hydrogens (tertiary/aromatic N) is 21. The van der Waals surface area contributed by atoms with Gasteiger partial charge in [-0.15, -0.1) is 0 Å². The maximum Gasteiger partial charge on any atom is 0.250 e. The van der Waals surface area contributed by atoms with E-state index in [1.165, 1.54) is 86.7 Å². The van der Waals surface area contributed by atoms with Crippen molar-refractivity contribution in [3.63, 3.8) is 0 Å². The largest absolute Gasteiger partial charge is 0.367 e. The summed E-state index contributed by atoms with van der Waals surface area (Å²) in [5.74, 6) is 3.20. The number of aromatic nitrogens is 21. The van der Waals surface area contributed by atoms with Crippen molar-refractivity contribution in [2.75, 3.05) is 10.6 Å². The topological polar surface area (TPSA) is 300 Å². The number of hydrogen-bond donors (Lipinski definition) is 2. The van der Waals surface area contributed by atoms with Gasteiger partial charge in [-0.05, 0) is 189 Å². The van der Waals surface area contributed by atoms with Gasteiger partial charge >= 0.3 is 0 Å². The Hall–Kier alpha value is -13.9. The van der Waals surface area contributed by atoms with E-state index < -0.39 is 0 Å². The van der Waals surface area contributed by atoms with Gasteiger partial charge in [0.05, 0.1) is 59.4 Å². The lowest BCUT2D eigenvalue weighted by Gasteiger charge is -2.25. The molecule has 3 aliphatic carbocycles. The van der Waals surface area contributed by atoms with Crippen LogP contribution in [0.5, 0.6) is 0 Å². The lowest BCUT2D eigenvalue weighted by atomic mass is 9.82. The average Bonchev–Trinajstić information content (AvgIpc) is 1.65. The summed E-state index contributed by atoms with van der Waals surface area (Å²) >= 11 is 0. The highest BCUT2D eigenvalue weighted by Crippen LogP contribution is 2.35. The van der Waals surface area contributed by atoms with Crippen LogP contribution < -0.4 is 38.4 Å². The first-order valence-corrected chi connectivity index (χ1v) is 47.6. The third-order valence-electron chi connectivity index (χ3n) is 24.2. The zero-order valence-corrected chi connectivity index (χ0v) is 80.2. The lowest BCUT2D eigenvalue weighted by molar-refractivity contribution is 0.312. The van der Waals surface area contributed by atoms with E-state index in [0.717, 1.165) is 164 Å². The SMILES string of the molecule is CCCn1cc(-n2cc(-c3ccc(CC(C)(C)C)nc3)cn2)ccc1=O.CCCn1cc(-n2cc(-c3ccc(CC4CCC4)nc3C)cn2)ccc1=O.CCCn1cc(-n2cc(-c3cnc(CC4CCC4)cc3C)cn2)ccc1=O.CCCn1cc(-n2cc(-c3cnc(NC(C)(C)C)nc3)cn2)ccc1=O.CCCn1cc(-n2cc(-c3cnc(NC4CCCC4)cc3C)cn2)ccc1=O. The van der Waals surface area contributed by atoms with E-state index >= 15 is 0 Å². The molecule has 15 aromatic heterocycles. The van der Waals surface area contributed by atoms with Gasteiger partial charge in [0.25, 0.3) is 27.8 Å². The molecule has 698 valence electrons. The number of hydrogen-bond acceptors (Lipinski definition) is 18. The minimum Gasteiger partial charge on any atom is -0.367 e. The Morgan fingerprint density at radius 1 is 0.336 bits per heavy atom. The van der Waals surface area contributed by atoms with Gasteiger partial charge in [-0.25, -0.2) is 38.4 Å². The first-order chi connectivity index (χ1) is 64.6. The summed E-state index contributed by atoms with van der Waals surface area (Å²) in [6.45, 7) is 33.0. The predicted molar refractivity (Wildman–Crippen MR) is 533 cm³/mol. The molecule has 0 bridgehead atoms. The van der Waals surface area contributed by atoms with Gasteiger partial charge in [0.1, 0.15) is 5.82 Å². The Morgan fingerprint density at radius 2 is 0.694 bits per heavy atom. The van der Waals surface area contributed by atoms with Crippen molar-refractivity contribution in [3.05, 3.63) is 307 Å². The second kappa shape index (κ2) is 44.5. The van der Waals surface area contributed by atoms with Crippen molar-refractivity contribution >= 4 is 11.8 Å². The molecule has 3 saturated carbocycles. The van der Waals surface area contributed by atoms with Gasteiger partial charge in [-0.3, -0.25) is 38.9 Å². The Labute approximate surface area is 784 Å². The van der Waals surface area contributed by atoms with Crippen molar-refractivity contribution < 1.29 is 0 Å². The van der Waals surface area contributed by atoms with E-state index in [2.05, 4.69) is 187 Å². The third-order valence-corrected chi connectivity index (χ3v) is 24.2. The van der Waals surface area contributed by atoms with Crippen LogP contribution >= 0.6 is 0 Å². The number of pyridine rings is 9. The second-order valence-electron chi connectivity index (χ2n) is 37.8. The standard InChI is InChI=1S/C22H27N5O.2C22H26N4O.C21H26N4O.C19H24N6O/c1-3-10-26-15-19(8-9-22(26)28)27-14-17(12-24-27)20-13-23-21(11-16(20)2)25-18-6-4-5-7-18;1-3-11-25-15-20(8-10-22(25)27)26-14-18(13-23-26)21-9-7-19(24-16(21)2)12-17-5-4-6-17;1-3-9-25-15-20(7-8-22(25)27)26-14-18(12-24-26)21-13-23-19(10-16(21)2)11-17-5-4-6-17;1-5-10-24-15-19(8-9-20(24)26)25-14-17(13-23-25)16-6-7-18(22-12-16)11-21(2,3)4;1-5-8-24-13-16(6-7-17(24)26)25-12-15(11-22-25)14-9-20-18(21-10-14)23-19(2,3)4/h8-9,11-15,18H,3-7,10H2,1-2H3,(H,23,25);7-10,13-15,17H,3-6,11-12H2,1-2H3;7-8,10,12-15,17H,3-6,9,11H2,1-2H3;6-9,12-15H,5,10-11H2,1-4H3;6-7,9-13H,5,8H2,1-4H3,(H,20,21,23). The third kappa shape index (κ3) is 25.7. The second-order valence-corrected chi connectivity index (χ2v) is 37.8. The zero-order valence-electron chi connectivity index (χ0n) is 80.2. The minimum absolute atomic E-state index is 0.00156. The first-order valence-electron chi connectivity index (χ1n) is 47.6. The molecular weight excluding hydrogens is 1680 g/mol. The fourth-order valence-electron chi connectivity index (χ4n) is 16.8. The number of rotatable bonds is 28. The summed E-state index contributed by atoms with van der Waals surface area (Å²) in [5, 5.41) is 29.1. The van der Waals surface area contributed by atoms with Crippen molar-refractivity contribution in [1.29, 1.82) is 0 Å². The molecule has 0 saturated heterocycles. The molecule has 28 nitrogen and oxygen atoms in total. The normalized spacial score (nSPS) is 13.3. The van der Waals surface area contributed by atoms with Crippen LogP contribution in [0.1, 0.15) is 206 Å². The fourth-order valence-corrected chi connectivity index (χ4v) is 16.8. The summed E-state index contributed by atoms with van der Waals surface area (Å²) < 4.78 is 17.6. The molecule has 3 fully saturated rings. The lowest BCUT2D eigenvalue weighted by Crippen LogP contribution is -2.27. The molecule has 0 atom stereocenters. The molecule has 18 rings (SSSR count). The van der Waals surface area contributed by atoms with Crippen molar-refractivity contribution in [2.24, 2.45) is 17.3 Å². The van der Waals surface area contributed by atoms with E-state index in [1.807, 2.05) is 145 Å². The first kappa shape index (κ1) is 96.1. The monoisotopic (exact) mass is 1800 g/mol. The Balaban J connectivity index is 0.000000134. The van der Waals surface area contributed by atoms with Crippen LogP contribution in [0.3, 0.4) is 0 Å². The molecule has 2 N–H and O–H groups in total.